The molecule has 1 aromatic rings. The summed E-state index contributed by atoms with van der Waals surface area (Å²) >= 11 is 1.04. The van der Waals surface area contributed by atoms with Crippen molar-refractivity contribution in [2.24, 2.45) is 5.92 Å². The van der Waals surface area contributed by atoms with E-state index >= 15 is 0 Å². The molecule has 0 fully saturated rings. The summed E-state index contributed by atoms with van der Waals surface area (Å²) in [6.45, 7) is 4.32. The van der Waals surface area contributed by atoms with Crippen LogP contribution in [-0.2, 0) is 0 Å². The molecule has 15 heavy (non-hydrogen) atoms. The van der Waals surface area contributed by atoms with E-state index in [-0.39, 0.29) is 12.5 Å². The van der Waals surface area contributed by atoms with E-state index in [0.717, 1.165) is 11.5 Å². The average molecular weight is 229 g/mol. The lowest BCUT2D eigenvalue weighted by atomic mass is 10.1. The largest absolute Gasteiger partial charge is 0.391 e. The van der Waals surface area contributed by atoms with Crippen molar-refractivity contribution in [3.63, 3.8) is 0 Å². The van der Waals surface area contributed by atoms with Gasteiger partial charge in [0.15, 0.2) is 0 Å². The zero-order valence-corrected chi connectivity index (χ0v) is 9.62. The van der Waals surface area contributed by atoms with Gasteiger partial charge in [-0.15, -0.1) is 5.10 Å². The minimum absolute atomic E-state index is 0.229. The van der Waals surface area contributed by atoms with Crippen LogP contribution >= 0.6 is 11.5 Å². The number of carbonyl (C=O) groups excluding carboxylic acids is 1. The maximum atomic E-state index is 11.4. The van der Waals surface area contributed by atoms with Crippen molar-refractivity contribution in [1.29, 1.82) is 0 Å². The van der Waals surface area contributed by atoms with Crippen LogP contribution in [0.4, 0.5) is 0 Å². The highest BCUT2D eigenvalue weighted by atomic mass is 32.1. The molecule has 1 heterocycles. The maximum Gasteiger partial charge on any atom is 0.264 e. The van der Waals surface area contributed by atoms with Gasteiger partial charge in [-0.1, -0.05) is 18.3 Å². The third-order valence-corrected chi connectivity index (χ3v) is 2.49. The Hall–Kier alpha value is -1.01. The molecule has 2 N–H and O–H groups in total. The van der Waals surface area contributed by atoms with Gasteiger partial charge in [-0.25, -0.2) is 0 Å². The fourth-order valence-electron chi connectivity index (χ4n) is 1.19. The van der Waals surface area contributed by atoms with Gasteiger partial charge >= 0.3 is 0 Å². The first-order valence-electron chi connectivity index (χ1n) is 4.83. The highest BCUT2D eigenvalue weighted by Crippen LogP contribution is 2.04. The minimum atomic E-state index is -0.491. The summed E-state index contributed by atoms with van der Waals surface area (Å²) in [7, 11) is 0. The van der Waals surface area contributed by atoms with Gasteiger partial charge in [0.25, 0.3) is 5.91 Å². The van der Waals surface area contributed by atoms with E-state index in [1.807, 2.05) is 13.8 Å². The molecule has 1 rings (SSSR count). The zero-order valence-electron chi connectivity index (χ0n) is 8.80. The number of nitrogens with one attached hydrogen (secondary N) is 1. The summed E-state index contributed by atoms with van der Waals surface area (Å²) in [5, 5.41) is 15.7. The van der Waals surface area contributed by atoms with Crippen molar-refractivity contribution < 1.29 is 9.90 Å². The molecule has 0 saturated carbocycles. The Kier molecular flexibility index (Phi) is 4.64. The molecular weight excluding hydrogens is 214 g/mol. The van der Waals surface area contributed by atoms with Crippen molar-refractivity contribution in [3.8, 4) is 0 Å². The van der Waals surface area contributed by atoms with E-state index < -0.39 is 6.10 Å². The highest BCUT2D eigenvalue weighted by molar-refractivity contribution is 7.07. The van der Waals surface area contributed by atoms with Crippen LogP contribution in [-0.4, -0.2) is 33.2 Å². The van der Waals surface area contributed by atoms with Crippen LogP contribution in [0.2, 0.25) is 0 Å². The van der Waals surface area contributed by atoms with E-state index in [2.05, 4.69) is 14.9 Å². The molecule has 0 aromatic carbocycles. The second-order valence-electron chi connectivity index (χ2n) is 3.78. The molecule has 1 atom stereocenters. The molecule has 1 unspecified atom stereocenters. The fraction of sp³-hybridized carbons (Fsp3) is 0.667. The van der Waals surface area contributed by atoms with Gasteiger partial charge in [0.2, 0.25) is 0 Å². The first kappa shape index (κ1) is 12.1. The van der Waals surface area contributed by atoms with E-state index in [9.17, 15) is 9.90 Å². The van der Waals surface area contributed by atoms with Crippen LogP contribution in [0.15, 0.2) is 6.20 Å². The standard InChI is InChI=1S/C9H15N3O2S/c1-6(2)3-7(13)4-10-9(14)8-5-11-12-15-8/h5-7,13H,3-4H2,1-2H3,(H,10,14). The van der Waals surface area contributed by atoms with Crippen LogP contribution in [0, 0.1) is 5.92 Å². The maximum absolute atomic E-state index is 11.4. The smallest absolute Gasteiger partial charge is 0.264 e. The summed E-state index contributed by atoms with van der Waals surface area (Å²) in [5.41, 5.74) is 0. The van der Waals surface area contributed by atoms with Crippen LogP contribution in [0.3, 0.4) is 0 Å². The summed E-state index contributed by atoms with van der Waals surface area (Å²) in [6.07, 6.45) is 1.60. The number of hydrogen-bond donors (Lipinski definition) is 2. The van der Waals surface area contributed by atoms with Crippen LogP contribution in [0.1, 0.15) is 29.9 Å². The number of aliphatic hydroxyl groups is 1. The molecule has 6 heteroatoms. The van der Waals surface area contributed by atoms with Crippen molar-refractivity contribution in [3.05, 3.63) is 11.1 Å². The molecule has 0 bridgehead atoms. The number of carbonyl (C=O) groups is 1. The van der Waals surface area contributed by atoms with Crippen LogP contribution < -0.4 is 5.32 Å². The average Bonchev–Trinajstić information content (AvgIpc) is 2.65. The number of aromatic nitrogens is 2. The van der Waals surface area contributed by atoms with Gasteiger partial charge in [-0.05, 0) is 23.9 Å². The van der Waals surface area contributed by atoms with E-state index in [1.54, 1.807) is 0 Å². The fourth-order valence-corrected chi connectivity index (χ4v) is 1.62. The number of nitrogens with zero attached hydrogens (tertiary/aromatic N) is 2. The topological polar surface area (TPSA) is 75.1 Å². The highest BCUT2D eigenvalue weighted by Gasteiger charge is 2.11. The Morgan fingerprint density at radius 1 is 1.67 bits per heavy atom. The number of rotatable bonds is 5. The van der Waals surface area contributed by atoms with Gasteiger partial charge in [0, 0.05) is 6.54 Å². The van der Waals surface area contributed by atoms with E-state index in [4.69, 9.17) is 0 Å². The Morgan fingerprint density at radius 3 is 2.93 bits per heavy atom. The van der Waals surface area contributed by atoms with Crippen LogP contribution in [0.25, 0.3) is 0 Å². The summed E-state index contributed by atoms with van der Waals surface area (Å²) < 4.78 is 3.59. The first-order chi connectivity index (χ1) is 7.09. The number of amides is 1. The number of hydrogen-bond acceptors (Lipinski definition) is 5. The van der Waals surface area contributed by atoms with Crippen LogP contribution in [0.5, 0.6) is 0 Å². The minimum Gasteiger partial charge on any atom is -0.391 e. The first-order valence-corrected chi connectivity index (χ1v) is 5.60. The Bertz CT molecular complexity index is 300. The lowest BCUT2D eigenvalue weighted by Crippen LogP contribution is -2.32. The molecule has 84 valence electrons. The predicted molar refractivity (Wildman–Crippen MR) is 57.7 cm³/mol. The Balaban J connectivity index is 2.28. The van der Waals surface area contributed by atoms with Gasteiger partial charge in [0.1, 0.15) is 4.88 Å². The zero-order chi connectivity index (χ0) is 11.3. The molecule has 0 aliphatic heterocycles. The lowest BCUT2D eigenvalue weighted by molar-refractivity contribution is 0.0904. The lowest BCUT2D eigenvalue weighted by Gasteiger charge is -2.13. The third-order valence-electron chi connectivity index (χ3n) is 1.83. The monoisotopic (exact) mass is 229 g/mol. The molecule has 0 spiro atoms. The SMILES string of the molecule is CC(C)CC(O)CNC(=O)c1cnns1. The number of aliphatic hydroxyl groups excluding tert-OH is 1. The molecule has 0 saturated heterocycles. The second kappa shape index (κ2) is 5.77. The molecule has 0 radical (unpaired) electrons. The van der Waals surface area contributed by atoms with E-state index in [0.29, 0.717) is 17.2 Å². The van der Waals surface area contributed by atoms with Crippen molar-refractivity contribution in [1.82, 2.24) is 14.9 Å². The Morgan fingerprint density at radius 2 is 2.40 bits per heavy atom. The van der Waals surface area contributed by atoms with E-state index in [1.165, 1.54) is 6.20 Å². The van der Waals surface area contributed by atoms with Gasteiger partial charge < -0.3 is 10.4 Å². The quantitative estimate of drug-likeness (QED) is 0.778. The predicted octanol–water partition coefficient (Wildman–Crippen LogP) is 0.675. The molecule has 1 aromatic heterocycles. The van der Waals surface area contributed by atoms with Gasteiger partial charge in [-0.2, -0.15) is 0 Å². The van der Waals surface area contributed by atoms with Gasteiger partial charge in [-0.3, -0.25) is 4.79 Å². The third kappa shape index (κ3) is 4.35. The molecule has 5 nitrogen and oxygen atoms in total. The normalized spacial score (nSPS) is 12.8. The Labute approximate surface area is 92.7 Å². The van der Waals surface area contributed by atoms with Crippen molar-refractivity contribution in [2.75, 3.05) is 6.54 Å². The van der Waals surface area contributed by atoms with Crippen molar-refractivity contribution in [2.45, 2.75) is 26.4 Å². The second-order valence-corrected chi connectivity index (χ2v) is 4.56. The van der Waals surface area contributed by atoms with Crippen molar-refractivity contribution >= 4 is 17.4 Å². The molecule has 0 aliphatic rings. The summed E-state index contributed by atoms with van der Waals surface area (Å²) in [6, 6.07) is 0. The summed E-state index contributed by atoms with van der Waals surface area (Å²) in [5.74, 6) is 0.190. The molecule has 1 amide bonds. The molecule has 0 aliphatic carbocycles. The summed E-state index contributed by atoms with van der Waals surface area (Å²) in [4.78, 5) is 11.9. The molecular formula is C9H15N3O2S. The van der Waals surface area contributed by atoms with Gasteiger partial charge in [0.05, 0.1) is 12.3 Å².